The Morgan fingerprint density at radius 1 is 0.510 bits per heavy atom. The minimum absolute atomic E-state index is 0.138. The summed E-state index contributed by atoms with van der Waals surface area (Å²) < 4.78 is 0. The SMILES string of the molecule is CC(C)[C@H](N)C(=O)N[C@H](C(=O)N[C@@H](CCCCN)C(=O)N[C@@H](CCCCN)C(=O)N[C@H](C(=O)N[C@@H](CCC(=O)O)C(=O)O)C(C)C)C(C)C. The molecule has 0 radical (unpaired) electrons. The lowest BCUT2D eigenvalue weighted by Crippen LogP contribution is -2.60. The quantitative estimate of drug-likeness (QED) is 0.0509. The average Bonchev–Trinajstić information content (AvgIpc) is 3.01. The Labute approximate surface area is 289 Å². The van der Waals surface area contributed by atoms with Crippen LogP contribution in [0.15, 0.2) is 0 Å². The van der Waals surface area contributed by atoms with Gasteiger partial charge in [0.2, 0.25) is 29.5 Å². The molecule has 0 bridgehead atoms. The molecule has 17 heteroatoms. The van der Waals surface area contributed by atoms with Gasteiger partial charge in [-0.3, -0.25) is 28.8 Å². The summed E-state index contributed by atoms with van der Waals surface area (Å²) in [6.45, 7) is 10.9. The van der Waals surface area contributed by atoms with Crippen molar-refractivity contribution in [2.75, 3.05) is 13.1 Å². The van der Waals surface area contributed by atoms with Crippen LogP contribution in [0.3, 0.4) is 0 Å². The highest BCUT2D eigenvalue weighted by Crippen LogP contribution is 2.11. The molecule has 0 aromatic carbocycles. The molecule has 0 fully saturated rings. The molecule has 0 aromatic rings. The Kier molecular flexibility index (Phi) is 21.7. The van der Waals surface area contributed by atoms with Crippen LogP contribution in [0.25, 0.3) is 0 Å². The Hall–Kier alpha value is -3.83. The first kappa shape index (κ1) is 45.2. The zero-order valence-electron chi connectivity index (χ0n) is 29.8. The van der Waals surface area contributed by atoms with E-state index in [-0.39, 0.29) is 31.1 Å². The summed E-state index contributed by atoms with van der Waals surface area (Å²) in [6.07, 6.45) is 1.45. The number of nitrogens with one attached hydrogen (secondary N) is 5. The number of carboxylic acid groups (broad SMARTS) is 2. The van der Waals surface area contributed by atoms with Gasteiger partial charge in [0.15, 0.2) is 0 Å². The average molecular weight is 701 g/mol. The van der Waals surface area contributed by atoms with Crippen LogP contribution in [0.1, 0.15) is 92.9 Å². The molecule has 0 rings (SSSR count). The van der Waals surface area contributed by atoms with E-state index in [1.54, 1.807) is 41.5 Å². The van der Waals surface area contributed by atoms with E-state index in [0.717, 1.165) is 0 Å². The molecule has 13 N–H and O–H groups in total. The molecule has 0 saturated heterocycles. The lowest BCUT2D eigenvalue weighted by Gasteiger charge is -2.29. The number of carbonyl (C=O) groups is 7. The second-order valence-corrected chi connectivity index (χ2v) is 13.3. The van der Waals surface area contributed by atoms with E-state index in [2.05, 4.69) is 26.6 Å². The summed E-state index contributed by atoms with van der Waals surface area (Å²) in [6, 6.07) is -6.83. The zero-order valence-corrected chi connectivity index (χ0v) is 29.8. The van der Waals surface area contributed by atoms with Gasteiger partial charge < -0.3 is 54.0 Å². The Bertz CT molecular complexity index is 1100. The van der Waals surface area contributed by atoms with E-state index in [1.807, 2.05) is 0 Å². The lowest BCUT2D eigenvalue weighted by molar-refractivity contribution is -0.143. The molecule has 0 aliphatic heterocycles. The predicted octanol–water partition coefficient (Wildman–Crippen LogP) is -1.09. The van der Waals surface area contributed by atoms with Crippen LogP contribution < -0.4 is 43.8 Å². The van der Waals surface area contributed by atoms with Gasteiger partial charge in [0.05, 0.1) is 6.04 Å². The van der Waals surface area contributed by atoms with Crippen molar-refractivity contribution >= 4 is 41.5 Å². The van der Waals surface area contributed by atoms with Crippen molar-refractivity contribution in [3.63, 3.8) is 0 Å². The molecule has 0 unspecified atom stereocenters. The molecule has 5 amide bonds. The highest BCUT2D eigenvalue weighted by atomic mass is 16.4. The van der Waals surface area contributed by atoms with Crippen molar-refractivity contribution in [1.82, 2.24) is 26.6 Å². The zero-order chi connectivity index (χ0) is 37.8. The summed E-state index contributed by atoms with van der Waals surface area (Å²) in [5, 5.41) is 31.4. The molecule has 6 atom stereocenters. The van der Waals surface area contributed by atoms with Crippen molar-refractivity contribution in [2.24, 2.45) is 35.0 Å². The van der Waals surface area contributed by atoms with E-state index in [4.69, 9.17) is 22.3 Å². The molecular formula is C32H60N8O9. The van der Waals surface area contributed by atoms with Crippen LogP contribution in [0.2, 0.25) is 0 Å². The minimum Gasteiger partial charge on any atom is -0.481 e. The number of hydrogen-bond acceptors (Lipinski definition) is 10. The summed E-state index contributed by atoms with van der Waals surface area (Å²) in [7, 11) is 0. The third-order valence-corrected chi connectivity index (χ3v) is 7.94. The first-order valence-electron chi connectivity index (χ1n) is 17.0. The second kappa shape index (κ2) is 23.5. The number of rotatable bonds is 25. The van der Waals surface area contributed by atoms with Crippen LogP contribution in [-0.2, 0) is 33.6 Å². The monoisotopic (exact) mass is 700 g/mol. The Balaban J connectivity index is 6.11. The number of amides is 5. The maximum atomic E-state index is 13.7. The molecule has 282 valence electrons. The number of hydrogen-bond donors (Lipinski definition) is 10. The molecule has 0 saturated carbocycles. The Morgan fingerprint density at radius 2 is 0.898 bits per heavy atom. The maximum Gasteiger partial charge on any atom is 0.326 e. The van der Waals surface area contributed by atoms with Gasteiger partial charge in [-0.1, -0.05) is 41.5 Å². The predicted molar refractivity (Wildman–Crippen MR) is 182 cm³/mol. The largest absolute Gasteiger partial charge is 0.481 e. The van der Waals surface area contributed by atoms with Crippen molar-refractivity contribution in [3.05, 3.63) is 0 Å². The fourth-order valence-electron chi connectivity index (χ4n) is 4.72. The summed E-state index contributed by atoms with van der Waals surface area (Å²) >= 11 is 0. The fraction of sp³-hybridized carbons (Fsp3) is 0.781. The second-order valence-electron chi connectivity index (χ2n) is 13.3. The summed E-state index contributed by atoms with van der Waals surface area (Å²) in [4.78, 5) is 89.0. The Morgan fingerprint density at radius 3 is 1.27 bits per heavy atom. The van der Waals surface area contributed by atoms with Crippen LogP contribution in [0, 0.1) is 17.8 Å². The number of unbranched alkanes of at least 4 members (excludes halogenated alkanes) is 2. The van der Waals surface area contributed by atoms with E-state index in [9.17, 15) is 38.7 Å². The topological polar surface area (TPSA) is 298 Å². The smallest absolute Gasteiger partial charge is 0.326 e. The minimum atomic E-state index is -1.50. The standard InChI is InChI=1S/C32H60N8O9/c1-17(2)24(35)29(45)40-26(19(5)6)30(46)37-20(11-7-9-15-33)27(43)36-21(12-8-10-16-34)28(44)39-25(18(3)4)31(47)38-22(32(48)49)13-14-23(41)42/h17-22,24-26H,7-16,33-35H2,1-6H3,(H,36,43)(H,37,46)(H,38,47)(H,39,44)(H,40,45)(H,41,42)(H,48,49)/t20-,21-,22-,24-,25-,26-/m0/s1. The maximum absolute atomic E-state index is 13.7. The molecule has 0 aliphatic rings. The van der Waals surface area contributed by atoms with Crippen LogP contribution >= 0.6 is 0 Å². The molecule has 0 spiro atoms. The first-order chi connectivity index (χ1) is 22.9. The number of aliphatic carboxylic acids is 2. The van der Waals surface area contributed by atoms with Crippen molar-refractivity contribution < 1.29 is 43.8 Å². The van der Waals surface area contributed by atoms with Gasteiger partial charge in [0, 0.05) is 6.42 Å². The highest BCUT2D eigenvalue weighted by Gasteiger charge is 2.34. The number of nitrogens with two attached hydrogens (primary N) is 3. The summed E-state index contributed by atoms with van der Waals surface area (Å²) in [5.74, 6) is -7.06. The third-order valence-electron chi connectivity index (χ3n) is 7.94. The van der Waals surface area contributed by atoms with E-state index < -0.39 is 90.1 Å². The molecule has 17 nitrogen and oxygen atoms in total. The van der Waals surface area contributed by atoms with Crippen molar-refractivity contribution in [3.8, 4) is 0 Å². The molecular weight excluding hydrogens is 640 g/mol. The normalized spacial score (nSPS) is 15.0. The third kappa shape index (κ3) is 17.4. The van der Waals surface area contributed by atoms with Gasteiger partial charge in [0.25, 0.3) is 0 Å². The van der Waals surface area contributed by atoms with Crippen LogP contribution in [0.5, 0.6) is 0 Å². The van der Waals surface area contributed by atoms with Gasteiger partial charge in [-0.25, -0.2) is 4.79 Å². The van der Waals surface area contributed by atoms with Gasteiger partial charge in [-0.2, -0.15) is 0 Å². The molecule has 0 aromatic heterocycles. The van der Waals surface area contributed by atoms with Gasteiger partial charge in [-0.15, -0.1) is 0 Å². The molecule has 49 heavy (non-hydrogen) atoms. The number of carbonyl (C=O) groups excluding carboxylic acids is 5. The van der Waals surface area contributed by atoms with Crippen LogP contribution in [0.4, 0.5) is 0 Å². The first-order valence-corrected chi connectivity index (χ1v) is 17.0. The number of carboxylic acids is 2. The highest BCUT2D eigenvalue weighted by molar-refractivity contribution is 5.96. The fourth-order valence-corrected chi connectivity index (χ4v) is 4.72. The van der Waals surface area contributed by atoms with E-state index >= 15 is 0 Å². The molecule has 0 heterocycles. The molecule has 0 aliphatic carbocycles. The van der Waals surface area contributed by atoms with Crippen molar-refractivity contribution in [2.45, 2.75) is 129 Å². The van der Waals surface area contributed by atoms with Crippen molar-refractivity contribution in [1.29, 1.82) is 0 Å². The van der Waals surface area contributed by atoms with Gasteiger partial charge in [-0.05, 0) is 75.8 Å². The summed E-state index contributed by atoms with van der Waals surface area (Å²) in [5.41, 5.74) is 17.3. The van der Waals surface area contributed by atoms with Gasteiger partial charge >= 0.3 is 11.9 Å². The van der Waals surface area contributed by atoms with E-state index in [1.165, 1.54) is 0 Å². The van der Waals surface area contributed by atoms with E-state index in [0.29, 0.717) is 38.8 Å². The van der Waals surface area contributed by atoms with Crippen LogP contribution in [-0.4, -0.2) is 101 Å². The lowest BCUT2D eigenvalue weighted by atomic mass is 9.99. The van der Waals surface area contributed by atoms with Gasteiger partial charge in [0.1, 0.15) is 30.2 Å².